The van der Waals surface area contributed by atoms with Crippen molar-refractivity contribution in [2.75, 3.05) is 55.8 Å². The molecule has 0 bridgehead atoms. The van der Waals surface area contributed by atoms with Crippen molar-refractivity contribution in [3.05, 3.63) is 42.1 Å². The molecule has 0 radical (unpaired) electrons. The molecule has 2 aliphatic heterocycles. The van der Waals surface area contributed by atoms with Crippen LogP contribution in [0.1, 0.15) is 38.8 Å². The smallest absolute Gasteiger partial charge is 0.224 e. The van der Waals surface area contributed by atoms with Gasteiger partial charge in [-0.15, -0.1) is 0 Å². The minimum Gasteiger partial charge on any atom is -0.396 e. The predicted octanol–water partition coefficient (Wildman–Crippen LogP) is 0.601. The number of nitrogens with two attached hydrogens (primary N) is 2. The summed E-state index contributed by atoms with van der Waals surface area (Å²) in [7, 11) is 0. The molecule has 4 aromatic heterocycles. The number of imidazole rings is 2. The Hall–Kier alpha value is -3.93. The summed E-state index contributed by atoms with van der Waals surface area (Å²) < 4.78 is 3.88. The van der Waals surface area contributed by atoms with Gasteiger partial charge in [0, 0.05) is 51.2 Å². The van der Waals surface area contributed by atoms with Gasteiger partial charge in [0.25, 0.3) is 0 Å². The molecular formula is C30H41ClN12O4. The molecule has 4 aliphatic rings. The zero-order valence-corrected chi connectivity index (χ0v) is 27.0. The molecule has 8 rings (SSSR count). The molecule has 47 heavy (non-hydrogen) atoms. The number of fused-ring (bicyclic) bond motifs is 2. The third-order valence-electron chi connectivity index (χ3n) is 8.67. The molecule has 0 unspecified atom stereocenters. The van der Waals surface area contributed by atoms with Crippen molar-refractivity contribution in [2.24, 2.45) is 11.8 Å². The molecule has 0 spiro atoms. The second-order valence-corrected chi connectivity index (χ2v) is 13.5. The average molecular weight is 669 g/mol. The summed E-state index contributed by atoms with van der Waals surface area (Å²) in [5.41, 5.74) is 12.9. The van der Waals surface area contributed by atoms with Crippen LogP contribution in [0.2, 0.25) is 5.15 Å². The lowest BCUT2D eigenvalue weighted by Crippen LogP contribution is -2.60. The fraction of sp³-hybridized carbons (Fsp3) is 0.533. The van der Waals surface area contributed by atoms with Crippen LogP contribution in [0.3, 0.4) is 0 Å². The maximum absolute atomic E-state index is 9.95. The van der Waals surface area contributed by atoms with Gasteiger partial charge in [-0.25, -0.2) is 9.97 Å². The number of nitrogens with one attached hydrogen (secondary N) is 1. The maximum atomic E-state index is 9.95. The van der Waals surface area contributed by atoms with E-state index in [2.05, 4.69) is 41.3 Å². The van der Waals surface area contributed by atoms with Crippen molar-refractivity contribution < 1.29 is 20.4 Å². The standard InChI is InChI=1S/C15H20N6O2.C11H12ClN5O.C4H9NO/c1-15(23)6-20(7-15)12-11-13(19-14(16)18-12)21(8-17-11)10-3-2-9(4-10)5-22;12-9-8-10(16-11(13)15-9)17(5-14-8)7-2-1-6(3-7)4-18;1-4(6)2-5-3-4/h2-3,8-10,22-23H,4-7H2,1H3,(H2,16,18,19);1-2,5-7,18H,3-4H2,(H2,13,15,16);5-6H,2-3H2,1H3/t9-,10+;6-,7+;/m11./s1. The highest BCUT2D eigenvalue weighted by Crippen LogP contribution is 2.35. The molecule has 6 heterocycles. The summed E-state index contributed by atoms with van der Waals surface area (Å²) in [5, 5.41) is 40.4. The molecule has 2 fully saturated rings. The zero-order valence-electron chi connectivity index (χ0n) is 26.3. The number of hydrogen-bond donors (Lipinski definition) is 7. The number of β-amino-alcohol motifs (C(OH)–C–C–N with tert-alkyl or cyclic N) is 2. The van der Waals surface area contributed by atoms with Gasteiger partial charge >= 0.3 is 0 Å². The fourth-order valence-corrected chi connectivity index (χ4v) is 6.34. The van der Waals surface area contributed by atoms with Crippen molar-refractivity contribution in [3.8, 4) is 0 Å². The first-order valence-electron chi connectivity index (χ1n) is 15.5. The van der Waals surface area contributed by atoms with Crippen LogP contribution in [0.5, 0.6) is 0 Å². The Morgan fingerprint density at radius 1 is 0.787 bits per heavy atom. The fourth-order valence-electron chi connectivity index (χ4n) is 6.12. The number of aromatic nitrogens is 8. The van der Waals surface area contributed by atoms with Crippen LogP contribution in [-0.4, -0.2) is 110 Å². The zero-order chi connectivity index (χ0) is 33.5. The lowest BCUT2D eigenvalue weighted by atomic mass is 9.97. The molecule has 17 heteroatoms. The average Bonchev–Trinajstić information content (AvgIpc) is 3.80. The largest absolute Gasteiger partial charge is 0.396 e. The van der Waals surface area contributed by atoms with Gasteiger partial charge in [0.1, 0.15) is 5.52 Å². The topological polar surface area (TPSA) is 235 Å². The molecule has 0 aromatic carbocycles. The van der Waals surface area contributed by atoms with E-state index in [0.717, 1.165) is 25.9 Å². The van der Waals surface area contributed by atoms with E-state index in [-0.39, 0.29) is 59.8 Å². The van der Waals surface area contributed by atoms with Crippen molar-refractivity contribution in [3.63, 3.8) is 0 Å². The Labute approximate surface area is 275 Å². The number of nitrogens with zero attached hydrogens (tertiary/aromatic N) is 9. The molecule has 252 valence electrons. The summed E-state index contributed by atoms with van der Waals surface area (Å²) in [6.07, 6.45) is 13.2. The van der Waals surface area contributed by atoms with E-state index in [1.54, 1.807) is 19.6 Å². The van der Waals surface area contributed by atoms with Crippen LogP contribution in [0.4, 0.5) is 17.7 Å². The number of rotatable bonds is 5. The van der Waals surface area contributed by atoms with Gasteiger partial charge in [0.05, 0.1) is 35.9 Å². The van der Waals surface area contributed by atoms with E-state index >= 15 is 0 Å². The Morgan fingerprint density at radius 3 is 1.72 bits per heavy atom. The normalized spacial score (nSPS) is 25.2. The van der Waals surface area contributed by atoms with Crippen LogP contribution in [0.25, 0.3) is 22.3 Å². The summed E-state index contributed by atoms with van der Waals surface area (Å²) in [6.45, 7) is 6.43. The highest BCUT2D eigenvalue weighted by atomic mass is 35.5. The van der Waals surface area contributed by atoms with E-state index in [4.69, 9.17) is 33.3 Å². The molecule has 4 atom stereocenters. The number of nitrogen functional groups attached to an aromatic ring is 2. The number of aliphatic hydroxyl groups excluding tert-OH is 2. The molecular weight excluding hydrogens is 628 g/mol. The molecule has 0 saturated carbocycles. The predicted molar refractivity (Wildman–Crippen MR) is 178 cm³/mol. The molecule has 2 saturated heterocycles. The van der Waals surface area contributed by atoms with Crippen LogP contribution in [-0.2, 0) is 0 Å². The van der Waals surface area contributed by atoms with Crippen LogP contribution < -0.4 is 21.7 Å². The number of aliphatic hydroxyl groups is 4. The maximum Gasteiger partial charge on any atom is 0.224 e. The van der Waals surface area contributed by atoms with Gasteiger partial charge in [0.2, 0.25) is 11.9 Å². The first-order chi connectivity index (χ1) is 22.4. The highest BCUT2D eigenvalue weighted by molar-refractivity contribution is 6.33. The minimum absolute atomic E-state index is 0.110. The molecule has 2 aliphatic carbocycles. The number of anilines is 3. The van der Waals surface area contributed by atoms with Crippen LogP contribution >= 0.6 is 11.6 Å². The quantitative estimate of drug-likeness (QED) is 0.114. The van der Waals surface area contributed by atoms with Crippen molar-refractivity contribution >= 4 is 51.6 Å². The first kappa shape index (κ1) is 33.0. The third-order valence-corrected chi connectivity index (χ3v) is 8.94. The first-order valence-corrected chi connectivity index (χ1v) is 15.9. The number of halogens is 1. The number of allylic oxidation sites excluding steroid dienone is 2. The van der Waals surface area contributed by atoms with E-state index in [1.807, 2.05) is 39.2 Å². The SMILES string of the molecule is CC1(O)CN(c2nc(N)nc3c2ncn3[C@H]2C=C[C@@H](CO)C2)C1.CC1(O)CNC1.Nc1nc(Cl)c2ncn([C@H]3C=C[C@@H](CO)C3)c2n1. The van der Waals surface area contributed by atoms with Gasteiger partial charge in [0.15, 0.2) is 27.8 Å². The van der Waals surface area contributed by atoms with E-state index in [0.29, 0.717) is 41.2 Å². The lowest BCUT2D eigenvalue weighted by molar-refractivity contribution is 0.00877. The third kappa shape index (κ3) is 7.02. The summed E-state index contributed by atoms with van der Waals surface area (Å²) in [6, 6.07) is 0.233. The summed E-state index contributed by atoms with van der Waals surface area (Å²) in [5.74, 6) is 1.35. The molecule has 4 aromatic rings. The second-order valence-electron chi connectivity index (χ2n) is 13.1. The summed E-state index contributed by atoms with van der Waals surface area (Å²) >= 11 is 5.97. The van der Waals surface area contributed by atoms with Gasteiger partial charge in [-0.05, 0) is 26.7 Å². The monoisotopic (exact) mass is 668 g/mol. The van der Waals surface area contributed by atoms with E-state index in [1.165, 1.54) is 0 Å². The highest BCUT2D eigenvalue weighted by Gasteiger charge is 2.39. The minimum atomic E-state index is -0.697. The van der Waals surface area contributed by atoms with Gasteiger partial charge in [-0.1, -0.05) is 35.9 Å². The van der Waals surface area contributed by atoms with E-state index in [9.17, 15) is 10.2 Å². The van der Waals surface area contributed by atoms with Crippen molar-refractivity contribution in [1.29, 1.82) is 0 Å². The van der Waals surface area contributed by atoms with Crippen molar-refractivity contribution in [1.82, 2.24) is 44.4 Å². The lowest BCUT2D eigenvalue weighted by Gasteiger charge is -2.44. The Kier molecular flexibility index (Phi) is 9.08. The summed E-state index contributed by atoms with van der Waals surface area (Å²) in [4.78, 5) is 27.3. The van der Waals surface area contributed by atoms with Crippen molar-refractivity contribution in [2.45, 2.75) is 50.0 Å². The number of hydrogen-bond acceptors (Lipinski definition) is 14. The molecule has 9 N–H and O–H groups in total. The van der Waals surface area contributed by atoms with Gasteiger partial charge in [-0.3, -0.25) is 0 Å². The second kappa shape index (κ2) is 12.9. The molecule has 0 amide bonds. The van der Waals surface area contributed by atoms with Crippen LogP contribution in [0.15, 0.2) is 37.0 Å². The van der Waals surface area contributed by atoms with Crippen LogP contribution in [0, 0.1) is 11.8 Å². The Balaban J connectivity index is 0.000000143. The molecule has 16 nitrogen and oxygen atoms in total. The van der Waals surface area contributed by atoms with Gasteiger partial charge < -0.3 is 51.2 Å². The Morgan fingerprint density at radius 2 is 1.28 bits per heavy atom. The Bertz CT molecular complexity index is 1790. The van der Waals surface area contributed by atoms with E-state index < -0.39 is 5.60 Å². The van der Waals surface area contributed by atoms with Gasteiger partial charge in [-0.2, -0.15) is 19.9 Å².